The Hall–Kier alpha value is -1.65. The molecule has 1 N–H and O–H groups in total. The van der Waals surface area contributed by atoms with Crippen molar-refractivity contribution in [2.75, 3.05) is 19.6 Å². The van der Waals surface area contributed by atoms with E-state index in [1.807, 2.05) is 6.07 Å². The van der Waals surface area contributed by atoms with Crippen LogP contribution < -0.4 is 5.32 Å². The van der Waals surface area contributed by atoms with Gasteiger partial charge in [-0.15, -0.1) is 11.3 Å². The summed E-state index contributed by atoms with van der Waals surface area (Å²) in [5.41, 5.74) is 2.78. The summed E-state index contributed by atoms with van der Waals surface area (Å²) in [6, 6.07) is 12.7. The van der Waals surface area contributed by atoms with E-state index in [1.165, 1.54) is 16.0 Å². The number of nitrogens with zero attached hydrogens (tertiary/aromatic N) is 1. The molecule has 0 spiro atoms. The van der Waals surface area contributed by atoms with E-state index < -0.39 is 0 Å². The summed E-state index contributed by atoms with van der Waals surface area (Å²) < 4.78 is 0. The van der Waals surface area contributed by atoms with Crippen LogP contribution in [0, 0.1) is 0 Å². The van der Waals surface area contributed by atoms with Gasteiger partial charge in [-0.05, 0) is 35.4 Å². The van der Waals surface area contributed by atoms with E-state index in [0.29, 0.717) is 6.54 Å². The number of thiophene rings is 1. The summed E-state index contributed by atoms with van der Waals surface area (Å²) in [6.07, 6.45) is 1.96. The number of hydrogen-bond acceptors (Lipinski definition) is 3. The Morgan fingerprint density at radius 3 is 2.86 bits per heavy atom. The average Bonchev–Trinajstić information content (AvgIpc) is 3.00. The van der Waals surface area contributed by atoms with E-state index in [0.717, 1.165) is 32.5 Å². The standard InChI is InChI=1S/C17H20N2OS/c20-17(18-9-7-16-6-3-11-21-16)13-19-10-8-14-4-1-2-5-15(14)12-19/h1-6,11H,7-10,12-13H2,(H,18,20). The molecule has 1 amide bonds. The first-order chi connectivity index (χ1) is 10.3. The van der Waals surface area contributed by atoms with Crippen molar-refractivity contribution in [1.29, 1.82) is 0 Å². The Morgan fingerprint density at radius 1 is 1.19 bits per heavy atom. The lowest BCUT2D eigenvalue weighted by molar-refractivity contribution is -0.122. The molecule has 1 aliphatic heterocycles. The lowest BCUT2D eigenvalue weighted by atomic mass is 10.00. The molecule has 0 fully saturated rings. The van der Waals surface area contributed by atoms with Crippen molar-refractivity contribution >= 4 is 17.2 Å². The highest BCUT2D eigenvalue weighted by molar-refractivity contribution is 7.09. The molecule has 1 aliphatic rings. The van der Waals surface area contributed by atoms with Crippen molar-refractivity contribution in [2.45, 2.75) is 19.4 Å². The quantitative estimate of drug-likeness (QED) is 0.920. The predicted molar refractivity (Wildman–Crippen MR) is 86.5 cm³/mol. The molecule has 2 heterocycles. The average molecular weight is 300 g/mol. The van der Waals surface area contributed by atoms with Crippen LogP contribution in [0.25, 0.3) is 0 Å². The van der Waals surface area contributed by atoms with Crippen molar-refractivity contribution in [3.05, 3.63) is 57.8 Å². The van der Waals surface area contributed by atoms with Crippen LogP contribution in [0.15, 0.2) is 41.8 Å². The van der Waals surface area contributed by atoms with Crippen LogP contribution in [0.2, 0.25) is 0 Å². The Labute approximate surface area is 129 Å². The normalized spacial score (nSPS) is 14.7. The lowest BCUT2D eigenvalue weighted by Gasteiger charge is -2.28. The maximum atomic E-state index is 12.0. The molecule has 0 atom stereocenters. The van der Waals surface area contributed by atoms with Gasteiger partial charge in [0, 0.05) is 24.5 Å². The minimum Gasteiger partial charge on any atom is -0.355 e. The fraction of sp³-hybridized carbons (Fsp3) is 0.353. The molecule has 2 aromatic rings. The number of carbonyl (C=O) groups excluding carboxylic acids is 1. The number of rotatable bonds is 5. The summed E-state index contributed by atoms with van der Waals surface area (Å²) in [7, 11) is 0. The second kappa shape index (κ2) is 6.87. The van der Waals surface area contributed by atoms with Crippen LogP contribution in [-0.2, 0) is 24.2 Å². The molecule has 0 radical (unpaired) electrons. The number of amides is 1. The van der Waals surface area contributed by atoms with Crippen LogP contribution in [0.5, 0.6) is 0 Å². The third kappa shape index (κ3) is 3.93. The SMILES string of the molecule is O=C(CN1CCc2ccccc2C1)NCCc1cccs1. The van der Waals surface area contributed by atoms with Gasteiger partial charge in [0.15, 0.2) is 0 Å². The number of nitrogens with one attached hydrogen (secondary N) is 1. The van der Waals surface area contributed by atoms with Gasteiger partial charge in [0.1, 0.15) is 0 Å². The van der Waals surface area contributed by atoms with Gasteiger partial charge in [0.25, 0.3) is 0 Å². The van der Waals surface area contributed by atoms with Crippen LogP contribution in [-0.4, -0.2) is 30.4 Å². The van der Waals surface area contributed by atoms with Crippen LogP contribution in [0.4, 0.5) is 0 Å². The van der Waals surface area contributed by atoms with Gasteiger partial charge in [-0.25, -0.2) is 0 Å². The second-order valence-electron chi connectivity index (χ2n) is 5.41. The van der Waals surface area contributed by atoms with Crippen LogP contribution in [0.3, 0.4) is 0 Å². The molecular weight excluding hydrogens is 280 g/mol. The molecule has 3 nitrogen and oxygen atoms in total. The van der Waals surface area contributed by atoms with Gasteiger partial charge in [0.05, 0.1) is 6.54 Å². The highest BCUT2D eigenvalue weighted by atomic mass is 32.1. The van der Waals surface area contributed by atoms with Gasteiger partial charge in [-0.3, -0.25) is 9.69 Å². The molecule has 1 aromatic heterocycles. The maximum absolute atomic E-state index is 12.0. The molecule has 21 heavy (non-hydrogen) atoms. The fourth-order valence-corrected chi connectivity index (χ4v) is 3.44. The third-order valence-electron chi connectivity index (χ3n) is 3.85. The third-order valence-corrected chi connectivity index (χ3v) is 4.79. The van der Waals surface area contributed by atoms with Crippen molar-refractivity contribution in [3.63, 3.8) is 0 Å². The summed E-state index contributed by atoms with van der Waals surface area (Å²) in [4.78, 5) is 15.5. The molecule has 110 valence electrons. The lowest BCUT2D eigenvalue weighted by Crippen LogP contribution is -2.40. The first-order valence-corrected chi connectivity index (χ1v) is 8.27. The Balaban J connectivity index is 1.43. The van der Waals surface area contributed by atoms with E-state index in [4.69, 9.17) is 0 Å². The second-order valence-corrected chi connectivity index (χ2v) is 6.44. The minimum atomic E-state index is 0.130. The van der Waals surface area contributed by atoms with E-state index >= 15 is 0 Å². The topological polar surface area (TPSA) is 32.3 Å². The van der Waals surface area contributed by atoms with Crippen molar-refractivity contribution in [3.8, 4) is 0 Å². The van der Waals surface area contributed by atoms with Crippen molar-refractivity contribution < 1.29 is 4.79 Å². The van der Waals surface area contributed by atoms with E-state index in [1.54, 1.807) is 11.3 Å². The number of hydrogen-bond donors (Lipinski definition) is 1. The van der Waals surface area contributed by atoms with Crippen LogP contribution >= 0.6 is 11.3 Å². The highest BCUT2D eigenvalue weighted by Gasteiger charge is 2.17. The zero-order valence-electron chi connectivity index (χ0n) is 12.0. The van der Waals surface area contributed by atoms with E-state index in [2.05, 4.69) is 45.9 Å². The maximum Gasteiger partial charge on any atom is 0.234 e. The molecule has 4 heteroatoms. The van der Waals surface area contributed by atoms with Crippen LogP contribution in [0.1, 0.15) is 16.0 Å². The van der Waals surface area contributed by atoms with Crippen molar-refractivity contribution in [1.82, 2.24) is 10.2 Å². The zero-order chi connectivity index (χ0) is 14.5. The molecule has 0 unspecified atom stereocenters. The van der Waals surface area contributed by atoms with E-state index in [-0.39, 0.29) is 5.91 Å². The van der Waals surface area contributed by atoms with Crippen molar-refractivity contribution in [2.24, 2.45) is 0 Å². The monoisotopic (exact) mass is 300 g/mol. The summed E-state index contributed by atoms with van der Waals surface area (Å²) in [5.74, 6) is 0.130. The molecule has 1 aromatic carbocycles. The Bertz CT molecular complexity index is 595. The molecule has 0 saturated carbocycles. The first kappa shape index (κ1) is 14.3. The molecule has 0 bridgehead atoms. The minimum absolute atomic E-state index is 0.130. The largest absolute Gasteiger partial charge is 0.355 e. The molecule has 3 rings (SSSR count). The van der Waals surface area contributed by atoms with Gasteiger partial charge in [-0.2, -0.15) is 0 Å². The summed E-state index contributed by atoms with van der Waals surface area (Å²) in [6.45, 7) is 3.08. The van der Waals surface area contributed by atoms with Gasteiger partial charge < -0.3 is 5.32 Å². The Kier molecular flexibility index (Phi) is 4.68. The molecular formula is C17H20N2OS. The molecule has 0 aliphatic carbocycles. The summed E-state index contributed by atoms with van der Waals surface area (Å²) in [5, 5.41) is 5.09. The van der Waals surface area contributed by atoms with E-state index in [9.17, 15) is 4.79 Å². The van der Waals surface area contributed by atoms with Gasteiger partial charge in [-0.1, -0.05) is 30.3 Å². The number of benzene rings is 1. The zero-order valence-corrected chi connectivity index (χ0v) is 12.9. The predicted octanol–water partition coefficient (Wildman–Crippen LogP) is 2.47. The fourth-order valence-electron chi connectivity index (χ4n) is 2.73. The number of carbonyl (C=O) groups is 1. The smallest absolute Gasteiger partial charge is 0.234 e. The molecule has 0 saturated heterocycles. The Morgan fingerprint density at radius 2 is 2.05 bits per heavy atom. The van der Waals surface area contributed by atoms with Gasteiger partial charge >= 0.3 is 0 Å². The summed E-state index contributed by atoms with van der Waals surface area (Å²) >= 11 is 1.74. The number of fused-ring (bicyclic) bond motifs is 1. The van der Waals surface area contributed by atoms with Gasteiger partial charge in [0.2, 0.25) is 5.91 Å². The first-order valence-electron chi connectivity index (χ1n) is 7.39. The highest BCUT2D eigenvalue weighted by Crippen LogP contribution is 2.17.